The van der Waals surface area contributed by atoms with Crippen LogP contribution in [0.15, 0.2) is 18.2 Å². The maximum atomic E-state index is 12.8. The van der Waals surface area contributed by atoms with Gasteiger partial charge < -0.3 is 14.4 Å². The zero-order valence-electron chi connectivity index (χ0n) is 14.7. The number of fused-ring (bicyclic) bond motifs is 2. The normalized spacial score (nSPS) is 17.1. The molecule has 7 nitrogen and oxygen atoms in total. The van der Waals surface area contributed by atoms with Crippen molar-refractivity contribution in [1.29, 1.82) is 0 Å². The Hall–Kier alpha value is -2.48. The van der Waals surface area contributed by atoms with Crippen molar-refractivity contribution in [2.45, 2.75) is 26.3 Å². The molecule has 0 N–H and O–H groups in total. The third-order valence-corrected chi connectivity index (χ3v) is 6.25. The molecule has 26 heavy (non-hydrogen) atoms. The monoisotopic (exact) mass is 368 g/mol. The largest absolute Gasteiger partial charge is 0.345 e. The van der Waals surface area contributed by atoms with Crippen molar-refractivity contribution in [3.05, 3.63) is 35.4 Å². The highest BCUT2D eigenvalue weighted by atomic mass is 32.1. The van der Waals surface area contributed by atoms with E-state index in [1.165, 1.54) is 10.3 Å². The molecule has 1 amide bonds. The topological polar surface area (TPSA) is 67.2 Å². The minimum atomic E-state index is 0.00484. The summed E-state index contributed by atoms with van der Waals surface area (Å²) in [6.07, 6.45) is 1.97. The lowest BCUT2D eigenvalue weighted by molar-refractivity contribution is 0.0729. The Labute approximate surface area is 155 Å². The Morgan fingerprint density at radius 2 is 1.96 bits per heavy atom. The molecule has 0 unspecified atom stereocenters. The maximum Gasteiger partial charge on any atom is 0.291 e. The van der Waals surface area contributed by atoms with E-state index in [9.17, 15) is 4.79 Å². The van der Waals surface area contributed by atoms with Crippen molar-refractivity contribution in [2.24, 2.45) is 0 Å². The zero-order valence-corrected chi connectivity index (χ0v) is 15.5. The number of amides is 1. The van der Waals surface area contributed by atoms with E-state index in [1.807, 2.05) is 9.47 Å². The fraction of sp³-hybridized carbons (Fsp3) is 0.444. The van der Waals surface area contributed by atoms with Gasteiger partial charge in [-0.3, -0.25) is 4.79 Å². The third kappa shape index (κ3) is 2.56. The lowest BCUT2D eigenvalue weighted by atomic mass is 10.2. The number of carbonyl (C=O) groups excluding carboxylic acids is 1. The molecule has 4 heterocycles. The van der Waals surface area contributed by atoms with Crippen LogP contribution < -0.4 is 4.90 Å². The van der Waals surface area contributed by atoms with Gasteiger partial charge in [-0.25, -0.2) is 4.98 Å². The number of carbonyl (C=O) groups is 1. The summed E-state index contributed by atoms with van der Waals surface area (Å²) < 4.78 is 3.20. The molecule has 2 aliphatic rings. The van der Waals surface area contributed by atoms with Crippen molar-refractivity contribution < 1.29 is 4.79 Å². The molecular formula is C18H20N6OS. The molecule has 1 fully saturated rings. The summed E-state index contributed by atoms with van der Waals surface area (Å²) in [6.45, 7) is 5.93. The molecule has 0 atom stereocenters. The van der Waals surface area contributed by atoms with Gasteiger partial charge in [0.2, 0.25) is 5.82 Å². The van der Waals surface area contributed by atoms with Crippen LogP contribution in [0, 0.1) is 6.92 Å². The summed E-state index contributed by atoms with van der Waals surface area (Å²) in [4.78, 5) is 21.7. The molecule has 134 valence electrons. The quantitative estimate of drug-likeness (QED) is 0.693. The number of benzene rings is 1. The van der Waals surface area contributed by atoms with Gasteiger partial charge in [0.15, 0.2) is 5.13 Å². The van der Waals surface area contributed by atoms with Crippen molar-refractivity contribution in [2.75, 3.05) is 31.1 Å². The van der Waals surface area contributed by atoms with Gasteiger partial charge in [-0.15, -0.1) is 10.2 Å². The summed E-state index contributed by atoms with van der Waals surface area (Å²) in [5.74, 6) is 1.45. The Morgan fingerprint density at radius 3 is 2.81 bits per heavy atom. The number of anilines is 1. The van der Waals surface area contributed by atoms with Crippen LogP contribution >= 0.6 is 11.3 Å². The fourth-order valence-corrected chi connectivity index (χ4v) is 4.82. The van der Waals surface area contributed by atoms with Crippen LogP contribution in [0.5, 0.6) is 0 Å². The molecule has 1 aromatic carbocycles. The van der Waals surface area contributed by atoms with Crippen LogP contribution in [0.25, 0.3) is 10.2 Å². The molecule has 0 radical (unpaired) electrons. The molecule has 3 aromatic rings. The van der Waals surface area contributed by atoms with Gasteiger partial charge in [-0.05, 0) is 31.0 Å². The van der Waals surface area contributed by atoms with Crippen LogP contribution in [0.2, 0.25) is 0 Å². The molecular weight excluding hydrogens is 348 g/mol. The number of rotatable bonds is 2. The number of thiazole rings is 1. The summed E-state index contributed by atoms with van der Waals surface area (Å²) in [7, 11) is 0. The molecule has 1 saturated heterocycles. The minimum absolute atomic E-state index is 0.00484. The Morgan fingerprint density at radius 1 is 1.12 bits per heavy atom. The van der Waals surface area contributed by atoms with Crippen molar-refractivity contribution in [1.82, 2.24) is 24.6 Å². The number of piperazine rings is 1. The number of nitrogens with zero attached hydrogens (tertiary/aromatic N) is 6. The summed E-state index contributed by atoms with van der Waals surface area (Å²) in [5, 5.41) is 9.32. The van der Waals surface area contributed by atoms with Crippen LogP contribution in [-0.2, 0) is 13.0 Å². The Balaban J connectivity index is 1.30. The van der Waals surface area contributed by atoms with E-state index in [0.717, 1.165) is 48.9 Å². The second-order valence-electron chi connectivity index (χ2n) is 6.94. The summed E-state index contributed by atoms with van der Waals surface area (Å²) in [6, 6.07) is 6.36. The smallest absolute Gasteiger partial charge is 0.291 e. The molecule has 8 heteroatoms. The van der Waals surface area contributed by atoms with Gasteiger partial charge in [0, 0.05) is 39.1 Å². The molecule has 5 rings (SSSR count). The highest BCUT2D eigenvalue weighted by Crippen LogP contribution is 2.30. The first-order chi connectivity index (χ1) is 12.7. The van der Waals surface area contributed by atoms with Crippen LogP contribution in [0.3, 0.4) is 0 Å². The minimum Gasteiger partial charge on any atom is -0.345 e. The Kier molecular flexibility index (Phi) is 3.66. The van der Waals surface area contributed by atoms with E-state index in [0.29, 0.717) is 18.9 Å². The van der Waals surface area contributed by atoms with Crippen LogP contribution in [0.1, 0.15) is 28.4 Å². The SMILES string of the molecule is Cc1ccc2nc(N3CCN(C(=O)c4nnc5n4CCC5)CC3)sc2c1. The van der Waals surface area contributed by atoms with Gasteiger partial charge in [0.05, 0.1) is 10.2 Å². The first-order valence-corrected chi connectivity index (χ1v) is 9.84. The van der Waals surface area contributed by atoms with E-state index < -0.39 is 0 Å². The van der Waals surface area contributed by atoms with Crippen molar-refractivity contribution in [3.8, 4) is 0 Å². The molecule has 0 aliphatic carbocycles. The molecule has 0 saturated carbocycles. The first-order valence-electron chi connectivity index (χ1n) is 9.02. The highest BCUT2D eigenvalue weighted by molar-refractivity contribution is 7.22. The summed E-state index contributed by atoms with van der Waals surface area (Å²) >= 11 is 1.73. The predicted octanol–water partition coefficient (Wildman–Crippen LogP) is 2.10. The second kappa shape index (κ2) is 6.05. The van der Waals surface area contributed by atoms with E-state index in [-0.39, 0.29) is 5.91 Å². The van der Waals surface area contributed by atoms with Crippen LogP contribution in [0.4, 0.5) is 5.13 Å². The lowest BCUT2D eigenvalue weighted by Gasteiger charge is -2.34. The van der Waals surface area contributed by atoms with E-state index in [4.69, 9.17) is 4.98 Å². The van der Waals surface area contributed by atoms with Crippen molar-refractivity contribution >= 4 is 32.6 Å². The Bertz CT molecular complexity index is 985. The van der Waals surface area contributed by atoms with Gasteiger partial charge in [0.1, 0.15) is 5.82 Å². The number of aromatic nitrogens is 4. The van der Waals surface area contributed by atoms with E-state index in [1.54, 1.807) is 11.3 Å². The fourth-order valence-electron chi connectivity index (χ4n) is 3.71. The van der Waals surface area contributed by atoms with Gasteiger partial charge in [-0.1, -0.05) is 17.4 Å². The number of aryl methyl sites for hydroxylation is 2. The number of hydrogen-bond acceptors (Lipinski definition) is 6. The molecule has 0 bridgehead atoms. The second-order valence-corrected chi connectivity index (χ2v) is 7.95. The van der Waals surface area contributed by atoms with Crippen molar-refractivity contribution in [3.63, 3.8) is 0 Å². The van der Waals surface area contributed by atoms with E-state index in [2.05, 4.69) is 40.2 Å². The summed E-state index contributed by atoms with van der Waals surface area (Å²) in [5.41, 5.74) is 2.30. The van der Waals surface area contributed by atoms with Gasteiger partial charge >= 0.3 is 0 Å². The van der Waals surface area contributed by atoms with Crippen LogP contribution in [-0.4, -0.2) is 56.7 Å². The standard InChI is InChI=1S/C18H20N6OS/c1-12-4-5-13-14(11-12)26-18(19-13)23-9-7-22(8-10-23)17(25)16-21-20-15-3-2-6-24(15)16/h4-5,11H,2-3,6-10H2,1H3. The molecule has 0 spiro atoms. The average Bonchev–Trinajstić information content (AvgIpc) is 3.36. The zero-order chi connectivity index (χ0) is 17.7. The number of hydrogen-bond donors (Lipinski definition) is 0. The average molecular weight is 368 g/mol. The molecule has 2 aliphatic heterocycles. The van der Waals surface area contributed by atoms with E-state index >= 15 is 0 Å². The van der Waals surface area contributed by atoms with Gasteiger partial charge in [0.25, 0.3) is 5.91 Å². The lowest BCUT2D eigenvalue weighted by Crippen LogP contribution is -2.49. The first kappa shape index (κ1) is 15.7. The highest BCUT2D eigenvalue weighted by Gasteiger charge is 2.29. The predicted molar refractivity (Wildman–Crippen MR) is 101 cm³/mol. The van der Waals surface area contributed by atoms with Gasteiger partial charge in [-0.2, -0.15) is 0 Å². The third-order valence-electron chi connectivity index (χ3n) is 5.17. The maximum absolute atomic E-state index is 12.8. The molecule has 2 aromatic heterocycles.